The van der Waals surface area contributed by atoms with Crippen molar-refractivity contribution in [2.75, 3.05) is 5.73 Å². The monoisotopic (exact) mass is 224 g/mol. The summed E-state index contributed by atoms with van der Waals surface area (Å²) in [6.45, 7) is 1.83. The van der Waals surface area contributed by atoms with E-state index in [9.17, 15) is 4.79 Å². The average Bonchev–Trinajstić information content (AvgIpc) is 2.59. The van der Waals surface area contributed by atoms with Crippen molar-refractivity contribution < 1.29 is 9.90 Å². The number of aromatic carboxylic acids is 1. The number of nitrogen functional groups attached to an aromatic ring is 1. The zero-order valence-corrected chi connectivity index (χ0v) is 8.72. The molecule has 0 amide bonds. The number of H-pyrrole nitrogens is 1. The minimum atomic E-state index is -1.01. The molecule has 2 aromatic rings. The molecule has 0 saturated carbocycles. The van der Waals surface area contributed by atoms with E-state index in [1.165, 1.54) is 6.07 Å². The number of hydrogen-bond donors (Lipinski definition) is 3. The molecule has 0 unspecified atom stereocenters. The highest BCUT2D eigenvalue weighted by Gasteiger charge is 2.12. The predicted molar refractivity (Wildman–Crippen MR) is 59.4 cm³/mol. The van der Waals surface area contributed by atoms with Crippen LogP contribution in [0.25, 0.3) is 10.9 Å². The molecule has 4 N–H and O–H groups in total. The molecule has 0 atom stereocenters. The summed E-state index contributed by atoms with van der Waals surface area (Å²) in [7, 11) is 0. The van der Waals surface area contributed by atoms with E-state index in [-0.39, 0.29) is 5.69 Å². The second kappa shape index (κ2) is 3.17. The number of aryl methyl sites for hydroxylation is 1. The lowest BCUT2D eigenvalue weighted by Crippen LogP contribution is -1.94. The van der Waals surface area contributed by atoms with Crippen molar-refractivity contribution >= 4 is 34.2 Å². The Bertz CT molecular complexity index is 560. The second-order valence-electron chi connectivity index (χ2n) is 3.35. The number of rotatable bonds is 1. The number of halogens is 1. The van der Waals surface area contributed by atoms with Gasteiger partial charge in [-0.3, -0.25) is 0 Å². The molecule has 0 radical (unpaired) electrons. The molecule has 0 spiro atoms. The summed E-state index contributed by atoms with van der Waals surface area (Å²) >= 11 is 5.95. The molecular formula is C10H9ClN2O2. The number of aromatic nitrogens is 1. The Morgan fingerprint density at radius 3 is 2.80 bits per heavy atom. The van der Waals surface area contributed by atoms with Gasteiger partial charge >= 0.3 is 5.97 Å². The van der Waals surface area contributed by atoms with Crippen LogP contribution in [0, 0.1) is 6.92 Å². The quantitative estimate of drug-likeness (QED) is 0.651. The molecule has 0 fully saturated rings. The molecule has 0 aliphatic rings. The van der Waals surface area contributed by atoms with Gasteiger partial charge in [-0.2, -0.15) is 0 Å². The van der Waals surface area contributed by atoms with Crippen molar-refractivity contribution in [2.45, 2.75) is 6.92 Å². The van der Waals surface area contributed by atoms with Gasteiger partial charge in [-0.1, -0.05) is 11.6 Å². The zero-order valence-electron chi connectivity index (χ0n) is 7.97. The molecule has 0 aliphatic carbocycles. The Morgan fingerprint density at radius 2 is 2.20 bits per heavy atom. The molecule has 4 nitrogen and oxygen atoms in total. The van der Waals surface area contributed by atoms with Gasteiger partial charge in [0, 0.05) is 11.1 Å². The largest absolute Gasteiger partial charge is 0.477 e. The van der Waals surface area contributed by atoms with Gasteiger partial charge in [0.2, 0.25) is 0 Å². The maximum atomic E-state index is 10.8. The molecule has 78 valence electrons. The Morgan fingerprint density at radius 1 is 1.53 bits per heavy atom. The van der Waals surface area contributed by atoms with Crippen molar-refractivity contribution in [3.8, 4) is 0 Å². The Kier molecular flexibility index (Phi) is 2.08. The van der Waals surface area contributed by atoms with Crippen LogP contribution >= 0.6 is 11.6 Å². The van der Waals surface area contributed by atoms with Crippen LogP contribution in [0.4, 0.5) is 5.69 Å². The maximum Gasteiger partial charge on any atom is 0.352 e. The van der Waals surface area contributed by atoms with E-state index < -0.39 is 5.97 Å². The smallest absolute Gasteiger partial charge is 0.352 e. The van der Waals surface area contributed by atoms with Gasteiger partial charge in [0.05, 0.1) is 10.5 Å². The maximum absolute atomic E-state index is 10.8. The van der Waals surface area contributed by atoms with Crippen LogP contribution in [0.15, 0.2) is 12.1 Å². The van der Waals surface area contributed by atoms with E-state index in [1.54, 1.807) is 6.07 Å². The highest BCUT2D eigenvalue weighted by Crippen LogP contribution is 2.30. The van der Waals surface area contributed by atoms with Crippen molar-refractivity contribution in [3.63, 3.8) is 0 Å². The van der Waals surface area contributed by atoms with E-state index in [2.05, 4.69) is 4.98 Å². The van der Waals surface area contributed by atoms with Gasteiger partial charge in [-0.25, -0.2) is 4.79 Å². The first-order valence-corrected chi connectivity index (χ1v) is 4.69. The first-order valence-electron chi connectivity index (χ1n) is 4.31. The fourth-order valence-corrected chi connectivity index (χ4v) is 1.79. The molecule has 15 heavy (non-hydrogen) atoms. The van der Waals surface area contributed by atoms with Crippen molar-refractivity contribution in [1.82, 2.24) is 4.98 Å². The van der Waals surface area contributed by atoms with Gasteiger partial charge in [0.15, 0.2) is 0 Å². The van der Waals surface area contributed by atoms with Crippen molar-refractivity contribution in [3.05, 3.63) is 28.4 Å². The number of benzene rings is 1. The molecule has 1 aromatic carbocycles. The highest BCUT2D eigenvalue weighted by molar-refractivity contribution is 6.35. The van der Waals surface area contributed by atoms with Crippen LogP contribution in [-0.2, 0) is 0 Å². The minimum absolute atomic E-state index is 0.112. The minimum Gasteiger partial charge on any atom is -0.477 e. The summed E-state index contributed by atoms with van der Waals surface area (Å²) in [5.74, 6) is -1.01. The SMILES string of the molecule is Cc1c(N)cc(Cl)c2[nH]c(C(=O)O)cc12. The number of carboxylic acid groups (broad SMARTS) is 1. The first-order chi connectivity index (χ1) is 7.00. The summed E-state index contributed by atoms with van der Waals surface area (Å²) in [6.07, 6.45) is 0. The molecular weight excluding hydrogens is 216 g/mol. The second-order valence-corrected chi connectivity index (χ2v) is 3.76. The number of nitrogens with one attached hydrogen (secondary N) is 1. The highest BCUT2D eigenvalue weighted by atomic mass is 35.5. The predicted octanol–water partition coefficient (Wildman–Crippen LogP) is 2.41. The van der Waals surface area contributed by atoms with E-state index in [0.717, 1.165) is 10.9 Å². The third kappa shape index (κ3) is 1.43. The van der Waals surface area contributed by atoms with E-state index in [0.29, 0.717) is 16.2 Å². The topological polar surface area (TPSA) is 79.1 Å². The third-order valence-corrected chi connectivity index (χ3v) is 2.70. The number of hydrogen-bond acceptors (Lipinski definition) is 2. The number of nitrogens with two attached hydrogens (primary N) is 1. The van der Waals surface area contributed by atoms with Gasteiger partial charge in [-0.15, -0.1) is 0 Å². The number of aromatic amines is 1. The van der Waals surface area contributed by atoms with Crippen LogP contribution in [0.3, 0.4) is 0 Å². The van der Waals surface area contributed by atoms with Gasteiger partial charge in [-0.05, 0) is 24.6 Å². The van der Waals surface area contributed by atoms with Crippen LogP contribution in [-0.4, -0.2) is 16.1 Å². The third-order valence-electron chi connectivity index (χ3n) is 2.41. The summed E-state index contributed by atoms with van der Waals surface area (Å²) in [6, 6.07) is 3.15. The molecule has 2 rings (SSSR count). The van der Waals surface area contributed by atoms with Crippen molar-refractivity contribution in [1.29, 1.82) is 0 Å². The lowest BCUT2D eigenvalue weighted by molar-refractivity contribution is 0.0691. The molecule has 0 bridgehead atoms. The fraction of sp³-hybridized carbons (Fsp3) is 0.100. The standard InChI is InChI=1S/C10H9ClN2O2/c1-4-5-2-8(10(14)15)13-9(5)6(11)3-7(4)12/h2-3,13H,12H2,1H3,(H,14,15). The van der Waals surface area contributed by atoms with E-state index >= 15 is 0 Å². The lowest BCUT2D eigenvalue weighted by atomic mass is 10.1. The summed E-state index contributed by atoms with van der Waals surface area (Å²) in [5, 5.41) is 10.0. The number of anilines is 1. The van der Waals surface area contributed by atoms with Crippen LogP contribution < -0.4 is 5.73 Å². The van der Waals surface area contributed by atoms with Crippen molar-refractivity contribution in [2.24, 2.45) is 0 Å². The molecule has 0 aliphatic heterocycles. The van der Waals surface area contributed by atoms with Gasteiger partial charge in [0.1, 0.15) is 5.69 Å². The Balaban J connectivity index is 2.85. The van der Waals surface area contributed by atoms with Crippen LogP contribution in [0.2, 0.25) is 5.02 Å². The molecule has 5 heteroatoms. The normalized spacial score (nSPS) is 10.8. The zero-order chi connectivity index (χ0) is 11.2. The lowest BCUT2D eigenvalue weighted by Gasteiger charge is -2.02. The Labute approximate surface area is 90.7 Å². The van der Waals surface area contributed by atoms with Crippen LogP contribution in [0.1, 0.15) is 16.1 Å². The molecule has 0 saturated heterocycles. The number of fused-ring (bicyclic) bond motifs is 1. The molecule has 1 heterocycles. The average molecular weight is 225 g/mol. The number of carboxylic acids is 1. The summed E-state index contributed by atoms with van der Waals surface area (Å²) in [5.41, 5.74) is 7.84. The van der Waals surface area contributed by atoms with Gasteiger partial charge in [0.25, 0.3) is 0 Å². The Hall–Kier alpha value is -1.68. The first kappa shape index (κ1) is 9.86. The van der Waals surface area contributed by atoms with E-state index in [1.807, 2.05) is 6.92 Å². The van der Waals surface area contributed by atoms with E-state index in [4.69, 9.17) is 22.4 Å². The summed E-state index contributed by atoms with van der Waals surface area (Å²) in [4.78, 5) is 13.5. The van der Waals surface area contributed by atoms with Crippen LogP contribution in [0.5, 0.6) is 0 Å². The molecule has 1 aromatic heterocycles. The van der Waals surface area contributed by atoms with Gasteiger partial charge < -0.3 is 15.8 Å². The fourth-order valence-electron chi connectivity index (χ4n) is 1.53. The number of carbonyl (C=O) groups is 1. The summed E-state index contributed by atoms with van der Waals surface area (Å²) < 4.78 is 0.